The Hall–Kier alpha value is -1.26. The molecular weight excluding hydrogens is 240 g/mol. The molecule has 1 aromatic rings. The van der Waals surface area contributed by atoms with E-state index in [9.17, 15) is 0 Å². The molecule has 0 amide bonds. The summed E-state index contributed by atoms with van der Waals surface area (Å²) in [6, 6.07) is 7.78. The van der Waals surface area contributed by atoms with Crippen molar-refractivity contribution in [2.75, 3.05) is 39.9 Å². The molecule has 0 radical (unpaired) electrons. The van der Waals surface area contributed by atoms with Crippen LogP contribution in [0, 0.1) is 0 Å². The number of nitrogens with zero attached hydrogens (tertiary/aromatic N) is 1. The lowest BCUT2D eigenvalue weighted by Gasteiger charge is -2.39. The SMILES string of the molecule is COc1ccccc1OCCN1CCNC(C)(C)C1. The van der Waals surface area contributed by atoms with E-state index >= 15 is 0 Å². The Kier molecular flexibility index (Phi) is 4.66. The van der Waals surface area contributed by atoms with Crippen LogP contribution in [0.25, 0.3) is 0 Å². The molecule has 0 aliphatic carbocycles. The van der Waals surface area contributed by atoms with Gasteiger partial charge in [0.1, 0.15) is 6.61 Å². The molecule has 1 aromatic carbocycles. The zero-order chi connectivity index (χ0) is 13.7. The predicted molar refractivity (Wildman–Crippen MR) is 77.0 cm³/mol. The lowest BCUT2D eigenvalue weighted by atomic mass is 10.0. The van der Waals surface area contributed by atoms with Crippen molar-refractivity contribution in [3.63, 3.8) is 0 Å². The second kappa shape index (κ2) is 6.26. The van der Waals surface area contributed by atoms with Gasteiger partial charge in [0.15, 0.2) is 11.5 Å². The zero-order valence-corrected chi connectivity index (χ0v) is 12.1. The minimum absolute atomic E-state index is 0.197. The summed E-state index contributed by atoms with van der Waals surface area (Å²) in [4.78, 5) is 2.44. The first-order valence-corrected chi connectivity index (χ1v) is 6.84. The van der Waals surface area contributed by atoms with E-state index in [1.807, 2.05) is 24.3 Å². The molecule has 4 nitrogen and oxygen atoms in total. The highest BCUT2D eigenvalue weighted by molar-refractivity contribution is 5.39. The average Bonchev–Trinajstić information content (AvgIpc) is 2.38. The van der Waals surface area contributed by atoms with Gasteiger partial charge in [0.25, 0.3) is 0 Å². The van der Waals surface area contributed by atoms with Gasteiger partial charge in [-0.2, -0.15) is 0 Å². The minimum atomic E-state index is 0.197. The Morgan fingerprint density at radius 3 is 2.68 bits per heavy atom. The van der Waals surface area contributed by atoms with Gasteiger partial charge in [0.05, 0.1) is 7.11 Å². The van der Waals surface area contributed by atoms with E-state index in [1.165, 1.54) is 0 Å². The molecule has 2 rings (SSSR count). The van der Waals surface area contributed by atoms with Gasteiger partial charge >= 0.3 is 0 Å². The summed E-state index contributed by atoms with van der Waals surface area (Å²) >= 11 is 0. The lowest BCUT2D eigenvalue weighted by molar-refractivity contribution is 0.132. The van der Waals surface area contributed by atoms with Crippen LogP contribution >= 0.6 is 0 Å². The van der Waals surface area contributed by atoms with E-state index in [1.54, 1.807) is 7.11 Å². The first-order valence-electron chi connectivity index (χ1n) is 6.84. The Morgan fingerprint density at radius 2 is 2.00 bits per heavy atom. The molecule has 0 aromatic heterocycles. The van der Waals surface area contributed by atoms with Crippen LogP contribution < -0.4 is 14.8 Å². The highest BCUT2D eigenvalue weighted by Gasteiger charge is 2.25. The Morgan fingerprint density at radius 1 is 1.26 bits per heavy atom. The standard InChI is InChI=1S/C15H24N2O2/c1-15(2)12-17(9-8-16-15)10-11-19-14-7-5-4-6-13(14)18-3/h4-7,16H,8-12H2,1-3H3. The van der Waals surface area contributed by atoms with E-state index in [0.717, 1.165) is 37.7 Å². The average molecular weight is 264 g/mol. The topological polar surface area (TPSA) is 33.7 Å². The van der Waals surface area contributed by atoms with Gasteiger partial charge < -0.3 is 14.8 Å². The quantitative estimate of drug-likeness (QED) is 0.878. The van der Waals surface area contributed by atoms with E-state index in [0.29, 0.717) is 6.61 Å². The van der Waals surface area contributed by atoms with Crippen molar-refractivity contribution in [2.45, 2.75) is 19.4 Å². The maximum Gasteiger partial charge on any atom is 0.161 e. The first-order chi connectivity index (χ1) is 9.11. The molecule has 106 valence electrons. The third kappa shape index (κ3) is 4.11. The van der Waals surface area contributed by atoms with Gasteiger partial charge in [0.2, 0.25) is 0 Å². The maximum atomic E-state index is 5.81. The molecule has 1 heterocycles. The highest BCUT2D eigenvalue weighted by Crippen LogP contribution is 2.25. The largest absolute Gasteiger partial charge is 0.493 e. The number of methoxy groups -OCH3 is 1. The van der Waals surface area contributed by atoms with Gasteiger partial charge in [-0.1, -0.05) is 12.1 Å². The summed E-state index contributed by atoms with van der Waals surface area (Å²) in [7, 11) is 1.67. The van der Waals surface area contributed by atoms with Crippen molar-refractivity contribution in [3.8, 4) is 11.5 Å². The third-order valence-corrected chi connectivity index (χ3v) is 3.38. The predicted octanol–water partition coefficient (Wildman–Crippen LogP) is 1.76. The molecule has 19 heavy (non-hydrogen) atoms. The van der Waals surface area contributed by atoms with Crippen molar-refractivity contribution >= 4 is 0 Å². The molecular formula is C15H24N2O2. The minimum Gasteiger partial charge on any atom is -0.493 e. The molecule has 1 aliphatic rings. The number of rotatable bonds is 5. The van der Waals surface area contributed by atoms with E-state index in [-0.39, 0.29) is 5.54 Å². The second-order valence-corrected chi connectivity index (χ2v) is 5.59. The molecule has 1 saturated heterocycles. The summed E-state index contributed by atoms with van der Waals surface area (Å²) < 4.78 is 11.1. The number of benzene rings is 1. The number of hydrogen-bond acceptors (Lipinski definition) is 4. The van der Waals surface area contributed by atoms with Crippen molar-refractivity contribution in [1.82, 2.24) is 10.2 Å². The molecule has 1 N–H and O–H groups in total. The number of hydrogen-bond donors (Lipinski definition) is 1. The maximum absolute atomic E-state index is 5.81. The van der Waals surface area contributed by atoms with E-state index in [4.69, 9.17) is 9.47 Å². The third-order valence-electron chi connectivity index (χ3n) is 3.38. The first kappa shape index (κ1) is 14.2. The van der Waals surface area contributed by atoms with Crippen LogP contribution in [0.15, 0.2) is 24.3 Å². The molecule has 4 heteroatoms. The Bertz CT molecular complexity index is 407. The molecule has 1 aliphatic heterocycles. The normalized spacial score (nSPS) is 19.1. The van der Waals surface area contributed by atoms with Crippen molar-refractivity contribution in [2.24, 2.45) is 0 Å². The van der Waals surface area contributed by atoms with Gasteiger partial charge in [-0.05, 0) is 26.0 Å². The van der Waals surface area contributed by atoms with Gasteiger partial charge in [-0.25, -0.2) is 0 Å². The summed E-state index contributed by atoms with van der Waals surface area (Å²) in [5, 5.41) is 3.51. The molecule has 0 unspecified atom stereocenters. The van der Waals surface area contributed by atoms with Crippen LogP contribution in [-0.2, 0) is 0 Å². The summed E-state index contributed by atoms with van der Waals surface area (Å²) in [6.07, 6.45) is 0. The van der Waals surface area contributed by atoms with E-state index in [2.05, 4.69) is 24.1 Å². The van der Waals surface area contributed by atoms with E-state index < -0.39 is 0 Å². The molecule has 0 atom stereocenters. The van der Waals surface area contributed by atoms with Crippen molar-refractivity contribution in [3.05, 3.63) is 24.3 Å². The summed E-state index contributed by atoms with van der Waals surface area (Å²) in [5.41, 5.74) is 0.197. The number of nitrogens with one attached hydrogen (secondary N) is 1. The summed E-state index contributed by atoms with van der Waals surface area (Å²) in [6.45, 7) is 9.29. The molecule has 0 spiro atoms. The highest BCUT2D eigenvalue weighted by atomic mass is 16.5. The van der Waals surface area contributed by atoms with Crippen LogP contribution in [0.1, 0.15) is 13.8 Å². The smallest absolute Gasteiger partial charge is 0.161 e. The number of piperazine rings is 1. The second-order valence-electron chi connectivity index (χ2n) is 5.59. The van der Waals surface area contributed by atoms with Crippen LogP contribution in [0.2, 0.25) is 0 Å². The molecule has 1 fully saturated rings. The van der Waals surface area contributed by atoms with Crippen LogP contribution in [-0.4, -0.2) is 50.3 Å². The number of ether oxygens (including phenoxy) is 2. The van der Waals surface area contributed by atoms with Crippen molar-refractivity contribution < 1.29 is 9.47 Å². The van der Waals surface area contributed by atoms with Gasteiger partial charge in [-0.15, -0.1) is 0 Å². The van der Waals surface area contributed by atoms with Gasteiger partial charge in [0, 0.05) is 31.7 Å². The van der Waals surface area contributed by atoms with Crippen LogP contribution in [0.4, 0.5) is 0 Å². The Balaban J connectivity index is 1.80. The fraction of sp³-hybridized carbons (Fsp3) is 0.600. The lowest BCUT2D eigenvalue weighted by Crippen LogP contribution is -2.57. The fourth-order valence-corrected chi connectivity index (χ4v) is 2.46. The van der Waals surface area contributed by atoms with Crippen molar-refractivity contribution in [1.29, 1.82) is 0 Å². The molecule has 0 bridgehead atoms. The fourth-order valence-electron chi connectivity index (χ4n) is 2.46. The Labute approximate surface area is 115 Å². The summed E-state index contributed by atoms with van der Waals surface area (Å²) in [5.74, 6) is 1.61. The zero-order valence-electron chi connectivity index (χ0n) is 12.1. The van der Waals surface area contributed by atoms with Crippen LogP contribution in [0.3, 0.4) is 0 Å². The number of para-hydroxylation sites is 2. The molecule has 0 saturated carbocycles. The van der Waals surface area contributed by atoms with Crippen LogP contribution in [0.5, 0.6) is 11.5 Å². The van der Waals surface area contributed by atoms with Gasteiger partial charge in [-0.3, -0.25) is 4.90 Å². The monoisotopic (exact) mass is 264 g/mol.